The lowest BCUT2D eigenvalue weighted by Crippen LogP contribution is -2.14. The highest BCUT2D eigenvalue weighted by Gasteiger charge is 2.07. The highest BCUT2D eigenvalue weighted by Crippen LogP contribution is 2.10. The van der Waals surface area contributed by atoms with Crippen molar-refractivity contribution in [2.75, 3.05) is 11.6 Å². The van der Waals surface area contributed by atoms with Crippen LogP contribution in [0.25, 0.3) is 0 Å². The molecule has 0 saturated heterocycles. The molecule has 1 N–H and O–H groups in total. The molecule has 1 amide bonds. The number of amides is 1. The second kappa shape index (κ2) is 5.35. The summed E-state index contributed by atoms with van der Waals surface area (Å²) in [5.41, 5.74) is 0.778. The van der Waals surface area contributed by atoms with Crippen molar-refractivity contribution >= 4 is 23.4 Å². The van der Waals surface area contributed by atoms with Gasteiger partial charge in [-0.15, -0.1) is 0 Å². The second-order valence-electron chi connectivity index (χ2n) is 3.00. The first kappa shape index (κ1) is 11.5. The van der Waals surface area contributed by atoms with E-state index in [0.29, 0.717) is 10.8 Å². The minimum Gasteiger partial charge on any atom is -0.318 e. The lowest BCUT2D eigenvalue weighted by Gasteiger charge is -2.03. The number of hydrogen-bond donors (Lipinski definition) is 1. The molecule has 0 unspecified atom stereocenters. The van der Waals surface area contributed by atoms with Crippen LogP contribution in [0.3, 0.4) is 0 Å². The zero-order chi connectivity index (χ0) is 12.1. The topological polar surface area (TPSA) is 80.7 Å². The van der Waals surface area contributed by atoms with Crippen molar-refractivity contribution in [2.45, 2.75) is 5.16 Å². The molecule has 0 radical (unpaired) electrons. The summed E-state index contributed by atoms with van der Waals surface area (Å²) in [6, 6.07) is 0. The Kier molecular flexibility index (Phi) is 3.61. The van der Waals surface area contributed by atoms with Gasteiger partial charge in [0.1, 0.15) is 5.69 Å². The average Bonchev–Trinajstić information content (AvgIpc) is 2.40. The lowest BCUT2D eigenvalue weighted by atomic mass is 10.4. The van der Waals surface area contributed by atoms with Gasteiger partial charge in [-0.2, -0.15) is 0 Å². The van der Waals surface area contributed by atoms with Gasteiger partial charge in [-0.05, 0) is 6.26 Å². The van der Waals surface area contributed by atoms with Gasteiger partial charge in [0, 0.05) is 12.4 Å². The van der Waals surface area contributed by atoms with Gasteiger partial charge in [0.05, 0.1) is 24.3 Å². The number of hydrogen-bond acceptors (Lipinski definition) is 6. The number of anilines is 1. The standard InChI is InChI=1S/C10H9N5OS/c1-17-10-13-4-7(5-14-10)15-9(16)8-6-11-2-3-12-8/h2-6H,1H3,(H,15,16). The van der Waals surface area contributed by atoms with Crippen LogP contribution in [-0.4, -0.2) is 32.1 Å². The molecule has 0 bridgehead atoms. The highest BCUT2D eigenvalue weighted by atomic mass is 32.2. The third-order valence-electron chi connectivity index (χ3n) is 1.86. The molecule has 2 aromatic heterocycles. The van der Waals surface area contributed by atoms with Crippen LogP contribution in [0.4, 0.5) is 5.69 Å². The first-order valence-corrected chi connectivity index (χ1v) is 5.95. The van der Waals surface area contributed by atoms with Crippen LogP contribution >= 0.6 is 11.8 Å². The maximum atomic E-state index is 11.7. The molecule has 0 aromatic carbocycles. The average molecular weight is 247 g/mol. The Bertz CT molecular complexity index is 502. The fourth-order valence-corrected chi connectivity index (χ4v) is 1.41. The molecule has 2 heterocycles. The van der Waals surface area contributed by atoms with E-state index in [4.69, 9.17) is 0 Å². The molecule has 0 spiro atoms. The van der Waals surface area contributed by atoms with Gasteiger partial charge in [-0.3, -0.25) is 9.78 Å². The molecule has 0 atom stereocenters. The predicted molar refractivity (Wildman–Crippen MR) is 63.8 cm³/mol. The highest BCUT2D eigenvalue weighted by molar-refractivity contribution is 7.98. The van der Waals surface area contributed by atoms with Gasteiger partial charge in [0.25, 0.3) is 5.91 Å². The zero-order valence-electron chi connectivity index (χ0n) is 8.99. The lowest BCUT2D eigenvalue weighted by molar-refractivity contribution is 0.102. The minimum absolute atomic E-state index is 0.251. The number of carbonyl (C=O) groups excluding carboxylic acids is 1. The van der Waals surface area contributed by atoms with Gasteiger partial charge < -0.3 is 5.32 Å². The number of nitrogens with one attached hydrogen (secondary N) is 1. The van der Waals surface area contributed by atoms with Crippen molar-refractivity contribution in [1.82, 2.24) is 19.9 Å². The molecule has 86 valence electrons. The van der Waals surface area contributed by atoms with Gasteiger partial charge in [0.2, 0.25) is 0 Å². The van der Waals surface area contributed by atoms with Crippen LogP contribution in [0.5, 0.6) is 0 Å². The number of aromatic nitrogens is 4. The predicted octanol–water partition coefficient (Wildman–Crippen LogP) is 1.24. The van der Waals surface area contributed by atoms with E-state index in [1.54, 1.807) is 12.4 Å². The second-order valence-corrected chi connectivity index (χ2v) is 3.78. The van der Waals surface area contributed by atoms with E-state index in [1.165, 1.54) is 30.4 Å². The molecule has 0 fully saturated rings. The summed E-state index contributed by atoms with van der Waals surface area (Å²) in [4.78, 5) is 27.5. The van der Waals surface area contributed by atoms with E-state index in [2.05, 4.69) is 25.3 Å². The number of rotatable bonds is 3. The SMILES string of the molecule is CSc1ncc(NC(=O)c2cnccn2)cn1. The van der Waals surface area contributed by atoms with Crippen LogP contribution in [0.1, 0.15) is 10.5 Å². The van der Waals surface area contributed by atoms with Crippen LogP contribution < -0.4 is 5.32 Å². The molecule has 6 nitrogen and oxygen atoms in total. The number of carbonyl (C=O) groups is 1. The number of nitrogens with zero attached hydrogens (tertiary/aromatic N) is 4. The molecule has 2 aromatic rings. The Labute approximate surface area is 102 Å². The summed E-state index contributed by atoms with van der Waals surface area (Å²) in [7, 11) is 0. The Morgan fingerprint density at radius 2 is 1.94 bits per heavy atom. The van der Waals surface area contributed by atoms with Crippen molar-refractivity contribution in [3.05, 3.63) is 36.7 Å². The molecule has 7 heteroatoms. The molecule has 0 aliphatic heterocycles. The smallest absolute Gasteiger partial charge is 0.275 e. The largest absolute Gasteiger partial charge is 0.318 e. The van der Waals surface area contributed by atoms with Gasteiger partial charge in [0.15, 0.2) is 5.16 Å². The van der Waals surface area contributed by atoms with Crippen molar-refractivity contribution in [1.29, 1.82) is 0 Å². The van der Waals surface area contributed by atoms with E-state index in [-0.39, 0.29) is 11.6 Å². The van der Waals surface area contributed by atoms with Crippen molar-refractivity contribution in [3.8, 4) is 0 Å². The summed E-state index contributed by atoms with van der Waals surface area (Å²) in [5, 5.41) is 3.29. The van der Waals surface area contributed by atoms with E-state index in [0.717, 1.165) is 0 Å². The van der Waals surface area contributed by atoms with E-state index in [9.17, 15) is 4.79 Å². The zero-order valence-corrected chi connectivity index (χ0v) is 9.81. The molecule has 2 rings (SSSR count). The van der Waals surface area contributed by atoms with Crippen molar-refractivity contribution in [3.63, 3.8) is 0 Å². The molecule has 0 aliphatic rings. The van der Waals surface area contributed by atoms with E-state index in [1.807, 2.05) is 6.26 Å². The quantitative estimate of drug-likeness (QED) is 0.649. The normalized spacial score (nSPS) is 9.94. The Morgan fingerprint density at radius 3 is 2.53 bits per heavy atom. The molecule has 0 aliphatic carbocycles. The summed E-state index contributed by atoms with van der Waals surface area (Å²) in [6.45, 7) is 0. The third kappa shape index (κ3) is 2.97. The molecule has 0 saturated carbocycles. The number of thioether (sulfide) groups is 1. The molecular weight excluding hydrogens is 238 g/mol. The minimum atomic E-state index is -0.335. The van der Waals surface area contributed by atoms with E-state index < -0.39 is 0 Å². The van der Waals surface area contributed by atoms with Crippen molar-refractivity contribution < 1.29 is 4.79 Å². The summed E-state index contributed by atoms with van der Waals surface area (Å²) in [6.07, 6.45) is 9.34. The van der Waals surface area contributed by atoms with E-state index >= 15 is 0 Å². The van der Waals surface area contributed by atoms with Crippen LogP contribution in [0.15, 0.2) is 36.1 Å². The summed E-state index contributed by atoms with van der Waals surface area (Å²) < 4.78 is 0. The summed E-state index contributed by atoms with van der Waals surface area (Å²) >= 11 is 1.44. The van der Waals surface area contributed by atoms with Gasteiger partial charge in [-0.25, -0.2) is 15.0 Å². The monoisotopic (exact) mass is 247 g/mol. The first-order chi connectivity index (χ1) is 8.29. The van der Waals surface area contributed by atoms with Crippen molar-refractivity contribution in [2.24, 2.45) is 0 Å². The fourth-order valence-electron chi connectivity index (χ4n) is 1.10. The summed E-state index contributed by atoms with van der Waals surface area (Å²) in [5.74, 6) is -0.335. The van der Waals surface area contributed by atoms with Crippen LogP contribution in [0.2, 0.25) is 0 Å². The Hall–Kier alpha value is -2.02. The maximum absolute atomic E-state index is 11.7. The van der Waals surface area contributed by atoms with Crippen LogP contribution in [0, 0.1) is 0 Å². The van der Waals surface area contributed by atoms with Gasteiger partial charge in [-0.1, -0.05) is 11.8 Å². The Balaban J connectivity index is 2.08. The fraction of sp³-hybridized carbons (Fsp3) is 0.100. The first-order valence-electron chi connectivity index (χ1n) is 4.73. The molecule has 17 heavy (non-hydrogen) atoms. The van der Waals surface area contributed by atoms with Crippen LogP contribution in [-0.2, 0) is 0 Å². The van der Waals surface area contributed by atoms with Gasteiger partial charge >= 0.3 is 0 Å². The third-order valence-corrected chi connectivity index (χ3v) is 2.44. The molecular formula is C10H9N5OS. The maximum Gasteiger partial charge on any atom is 0.275 e. The Morgan fingerprint density at radius 1 is 1.18 bits per heavy atom.